The summed E-state index contributed by atoms with van der Waals surface area (Å²) < 4.78 is 39.5. The zero-order valence-corrected chi connectivity index (χ0v) is 19.2. The van der Waals surface area contributed by atoms with Crippen LogP contribution in [0.4, 0.5) is 5.82 Å². The summed E-state index contributed by atoms with van der Waals surface area (Å²) in [7, 11) is -1.01. The average molecular weight is 476 g/mol. The Bertz CT molecular complexity index is 1410. The second-order valence-electron chi connectivity index (χ2n) is 6.91. The minimum atomic E-state index is -3.96. The number of anilines is 1. The Labute approximate surface area is 197 Å². The van der Waals surface area contributed by atoms with Gasteiger partial charge in [-0.2, -0.15) is 4.98 Å². The molecule has 0 radical (unpaired) electrons. The first kappa shape index (κ1) is 22.9. The number of nitrogens with one attached hydrogen (secondary N) is 1. The molecule has 2 aromatic heterocycles. The quantitative estimate of drug-likeness (QED) is 0.406. The Morgan fingerprint density at radius 3 is 2.24 bits per heavy atom. The number of methoxy groups -OCH3 is 2. The normalized spacial score (nSPS) is 11.4. The van der Waals surface area contributed by atoms with Crippen LogP contribution in [0.15, 0.2) is 78.5 Å². The summed E-state index contributed by atoms with van der Waals surface area (Å²) in [5.41, 5.74) is 1.60. The Morgan fingerprint density at radius 2 is 1.53 bits per heavy atom. The van der Waals surface area contributed by atoms with E-state index in [1.807, 2.05) is 18.2 Å². The highest BCUT2D eigenvalue weighted by Gasteiger charge is 2.24. The van der Waals surface area contributed by atoms with Crippen molar-refractivity contribution in [1.82, 2.24) is 19.9 Å². The number of hydrogen-bond donors (Lipinski definition) is 1. The first-order valence-electron chi connectivity index (χ1n) is 10.1. The van der Waals surface area contributed by atoms with E-state index in [1.165, 1.54) is 20.3 Å². The minimum absolute atomic E-state index is 0.00323. The van der Waals surface area contributed by atoms with Gasteiger partial charge in [-0.15, -0.1) is 0 Å². The topological polar surface area (TPSA) is 116 Å². The lowest BCUT2D eigenvalue weighted by Crippen LogP contribution is -2.13. The van der Waals surface area contributed by atoms with Gasteiger partial charge in [-0.25, -0.2) is 23.4 Å². The van der Waals surface area contributed by atoms with E-state index in [4.69, 9.17) is 9.47 Å². The number of para-hydroxylation sites is 1. The van der Waals surface area contributed by atoms with E-state index in [0.717, 1.165) is 11.0 Å². The zero-order valence-electron chi connectivity index (χ0n) is 18.4. The fourth-order valence-electron chi connectivity index (χ4n) is 3.17. The average Bonchev–Trinajstić information content (AvgIpc) is 2.88. The molecule has 34 heavy (non-hydrogen) atoms. The van der Waals surface area contributed by atoms with E-state index < -0.39 is 10.0 Å². The van der Waals surface area contributed by atoms with Gasteiger partial charge in [0.2, 0.25) is 11.7 Å². The van der Waals surface area contributed by atoms with Crippen molar-refractivity contribution in [2.45, 2.75) is 0 Å². The molecule has 0 spiro atoms. The van der Waals surface area contributed by atoms with Gasteiger partial charge in [-0.05, 0) is 23.8 Å². The van der Waals surface area contributed by atoms with Crippen molar-refractivity contribution in [3.8, 4) is 34.4 Å². The monoisotopic (exact) mass is 475 g/mol. The predicted molar refractivity (Wildman–Crippen MR) is 130 cm³/mol. The minimum Gasteiger partial charge on any atom is -0.496 e. The maximum absolute atomic E-state index is 13.0. The fourth-order valence-corrected chi connectivity index (χ4v) is 3.99. The van der Waals surface area contributed by atoms with Crippen LogP contribution in [0.25, 0.3) is 28.9 Å². The van der Waals surface area contributed by atoms with Crippen molar-refractivity contribution in [1.29, 1.82) is 0 Å². The first-order chi connectivity index (χ1) is 16.5. The summed E-state index contributed by atoms with van der Waals surface area (Å²) >= 11 is 0. The van der Waals surface area contributed by atoms with Gasteiger partial charge in [-0.1, -0.05) is 48.5 Å². The lowest BCUT2D eigenvalue weighted by atomic mass is 10.1. The third kappa shape index (κ3) is 5.18. The molecular weight excluding hydrogens is 454 g/mol. The van der Waals surface area contributed by atoms with Gasteiger partial charge in [0.05, 0.1) is 25.2 Å². The molecule has 4 rings (SSSR count). The van der Waals surface area contributed by atoms with E-state index in [-0.39, 0.29) is 23.3 Å². The molecule has 0 unspecified atom stereocenters. The summed E-state index contributed by atoms with van der Waals surface area (Å²) in [6.07, 6.45) is 4.57. The smallest absolute Gasteiger partial charge is 0.256 e. The van der Waals surface area contributed by atoms with Gasteiger partial charge in [0, 0.05) is 18.0 Å². The maximum atomic E-state index is 13.0. The Morgan fingerprint density at radius 1 is 0.824 bits per heavy atom. The molecule has 0 atom stereocenters. The molecule has 0 aliphatic carbocycles. The van der Waals surface area contributed by atoms with Crippen molar-refractivity contribution in [3.05, 3.63) is 84.0 Å². The summed E-state index contributed by atoms with van der Waals surface area (Å²) in [6, 6.07) is 17.8. The predicted octanol–water partition coefficient (Wildman–Crippen LogP) is 4.03. The molecule has 0 aliphatic rings. The van der Waals surface area contributed by atoms with Gasteiger partial charge in [0.15, 0.2) is 11.6 Å². The van der Waals surface area contributed by atoms with E-state index in [1.54, 1.807) is 54.9 Å². The van der Waals surface area contributed by atoms with Crippen LogP contribution in [0, 0.1) is 0 Å². The van der Waals surface area contributed by atoms with Crippen LogP contribution in [0.3, 0.4) is 0 Å². The number of benzene rings is 2. The highest BCUT2D eigenvalue weighted by molar-refractivity contribution is 7.95. The van der Waals surface area contributed by atoms with E-state index in [9.17, 15) is 8.42 Å². The molecule has 0 aliphatic heterocycles. The molecule has 0 fully saturated rings. The summed E-state index contributed by atoms with van der Waals surface area (Å²) in [5.74, 6) is 0.935. The van der Waals surface area contributed by atoms with Gasteiger partial charge >= 0.3 is 0 Å². The lowest BCUT2D eigenvalue weighted by Gasteiger charge is -2.16. The van der Waals surface area contributed by atoms with Gasteiger partial charge < -0.3 is 9.47 Å². The standard InChI is InChI=1S/C24H21N5O4S/c1-32-19-12-7-6-11-18(19)20-21(29-34(30,31)16-13-17-9-4-3-5-10-17)27-23(28-24(20)33-2)22-25-14-8-15-26-22/h3-16H,1-2H3,(H,27,28,29)/b16-13+. The molecule has 2 heterocycles. The molecule has 9 nitrogen and oxygen atoms in total. The highest BCUT2D eigenvalue weighted by Crippen LogP contribution is 2.40. The number of nitrogens with zero attached hydrogens (tertiary/aromatic N) is 4. The zero-order chi connectivity index (χ0) is 24.0. The molecule has 10 heteroatoms. The van der Waals surface area contributed by atoms with Crippen LogP contribution in [-0.4, -0.2) is 42.6 Å². The van der Waals surface area contributed by atoms with Crippen molar-refractivity contribution in [3.63, 3.8) is 0 Å². The van der Waals surface area contributed by atoms with E-state index in [0.29, 0.717) is 16.9 Å². The summed E-state index contributed by atoms with van der Waals surface area (Å²) in [4.78, 5) is 17.2. The van der Waals surface area contributed by atoms with E-state index >= 15 is 0 Å². The summed E-state index contributed by atoms with van der Waals surface area (Å²) in [6.45, 7) is 0. The lowest BCUT2D eigenvalue weighted by molar-refractivity contribution is 0.397. The second kappa shape index (κ2) is 10.1. The van der Waals surface area contributed by atoms with Crippen molar-refractivity contribution in [2.75, 3.05) is 18.9 Å². The van der Waals surface area contributed by atoms with Crippen molar-refractivity contribution in [2.24, 2.45) is 0 Å². The Hall–Kier alpha value is -4.31. The number of sulfonamides is 1. The number of rotatable bonds is 8. The maximum Gasteiger partial charge on any atom is 0.256 e. The van der Waals surface area contributed by atoms with Crippen LogP contribution in [0.5, 0.6) is 11.6 Å². The number of hydrogen-bond acceptors (Lipinski definition) is 8. The van der Waals surface area contributed by atoms with Gasteiger partial charge in [0.25, 0.3) is 10.0 Å². The molecule has 0 amide bonds. The number of ether oxygens (including phenoxy) is 2. The molecular formula is C24H21N5O4S. The summed E-state index contributed by atoms with van der Waals surface area (Å²) in [5, 5.41) is 1.07. The number of aromatic nitrogens is 4. The van der Waals surface area contributed by atoms with Crippen LogP contribution in [-0.2, 0) is 10.0 Å². The second-order valence-corrected chi connectivity index (χ2v) is 8.48. The largest absolute Gasteiger partial charge is 0.496 e. The molecule has 172 valence electrons. The third-order valence-electron chi connectivity index (χ3n) is 4.69. The molecule has 0 saturated heterocycles. The molecule has 0 bridgehead atoms. The molecule has 4 aromatic rings. The first-order valence-corrected chi connectivity index (χ1v) is 11.7. The third-order valence-corrected chi connectivity index (χ3v) is 5.66. The molecule has 0 saturated carbocycles. The Balaban J connectivity index is 1.87. The highest BCUT2D eigenvalue weighted by atomic mass is 32.2. The van der Waals surface area contributed by atoms with Crippen LogP contribution >= 0.6 is 0 Å². The van der Waals surface area contributed by atoms with Crippen molar-refractivity contribution < 1.29 is 17.9 Å². The van der Waals surface area contributed by atoms with Crippen LogP contribution in [0.1, 0.15) is 5.56 Å². The van der Waals surface area contributed by atoms with Crippen molar-refractivity contribution >= 4 is 21.9 Å². The fraction of sp³-hybridized carbons (Fsp3) is 0.0833. The van der Waals surface area contributed by atoms with Crippen LogP contribution in [0.2, 0.25) is 0 Å². The van der Waals surface area contributed by atoms with E-state index in [2.05, 4.69) is 24.7 Å². The van der Waals surface area contributed by atoms with Crippen LogP contribution < -0.4 is 14.2 Å². The van der Waals surface area contributed by atoms with Gasteiger partial charge in [-0.3, -0.25) is 4.72 Å². The molecule has 2 aromatic carbocycles. The Kier molecular flexibility index (Phi) is 6.79. The molecule has 1 N–H and O–H groups in total. The SMILES string of the molecule is COc1ccccc1-c1c(NS(=O)(=O)/C=C/c2ccccc2)nc(-c2ncccn2)nc1OC. The van der Waals surface area contributed by atoms with Gasteiger partial charge in [0.1, 0.15) is 5.75 Å².